The molecule has 0 saturated carbocycles. The molecule has 0 bridgehead atoms. The van der Waals surface area contributed by atoms with E-state index in [1.807, 2.05) is 30.3 Å². The van der Waals surface area contributed by atoms with E-state index in [4.69, 9.17) is 4.74 Å². The van der Waals surface area contributed by atoms with Crippen LogP contribution in [-0.2, 0) is 4.79 Å². The largest absolute Gasteiger partial charge is 0.497 e. The van der Waals surface area contributed by atoms with Gasteiger partial charge in [0.05, 0.1) is 12.9 Å². The molecular weight excluding hydrogens is 380 g/mol. The molecule has 3 aromatic rings. The summed E-state index contributed by atoms with van der Waals surface area (Å²) in [5, 5.41) is 15.1. The van der Waals surface area contributed by atoms with E-state index >= 15 is 0 Å². The van der Waals surface area contributed by atoms with Crippen molar-refractivity contribution in [3.8, 4) is 5.75 Å². The molecule has 6 nitrogen and oxygen atoms in total. The van der Waals surface area contributed by atoms with Gasteiger partial charge in [-0.2, -0.15) is 0 Å². The zero-order valence-electron chi connectivity index (χ0n) is 15.3. The smallest absolute Gasteiger partial charge is 0.234 e. The summed E-state index contributed by atoms with van der Waals surface area (Å²) in [5.74, 6) is 0.856. The number of nitrogens with one attached hydrogen (secondary N) is 2. The highest BCUT2D eigenvalue weighted by Crippen LogP contribution is 2.29. The molecule has 0 aliphatic rings. The van der Waals surface area contributed by atoms with Gasteiger partial charge in [0.25, 0.3) is 0 Å². The number of nitrogens with zero attached hydrogens (tertiary/aromatic N) is 2. The Balaban J connectivity index is 1.54. The molecule has 1 heterocycles. The molecule has 2 N–H and O–H groups in total. The van der Waals surface area contributed by atoms with Gasteiger partial charge in [-0.1, -0.05) is 41.3 Å². The predicted molar refractivity (Wildman–Crippen MR) is 111 cm³/mol. The van der Waals surface area contributed by atoms with Crippen LogP contribution < -0.4 is 15.4 Å². The molecule has 1 aromatic heterocycles. The van der Waals surface area contributed by atoms with Crippen LogP contribution in [0.2, 0.25) is 0 Å². The van der Waals surface area contributed by atoms with Crippen LogP contribution in [-0.4, -0.2) is 29.0 Å². The summed E-state index contributed by atoms with van der Waals surface area (Å²) in [6, 6.07) is 13.3. The number of benzene rings is 2. The van der Waals surface area contributed by atoms with E-state index in [-0.39, 0.29) is 11.7 Å². The zero-order chi connectivity index (χ0) is 19.2. The molecule has 2 aromatic carbocycles. The quantitative estimate of drug-likeness (QED) is 0.563. The lowest BCUT2D eigenvalue weighted by molar-refractivity contribution is -0.113. The summed E-state index contributed by atoms with van der Waals surface area (Å²) in [7, 11) is 1.59. The van der Waals surface area contributed by atoms with Gasteiger partial charge in [0.1, 0.15) is 5.75 Å². The van der Waals surface area contributed by atoms with Crippen LogP contribution in [0.5, 0.6) is 5.75 Å². The normalized spacial score (nSPS) is 10.5. The topological polar surface area (TPSA) is 76.1 Å². The Kier molecular flexibility index (Phi) is 6.31. The van der Waals surface area contributed by atoms with Gasteiger partial charge in [-0.25, -0.2) is 0 Å². The van der Waals surface area contributed by atoms with Gasteiger partial charge in [-0.15, -0.1) is 10.2 Å². The first-order valence-electron chi connectivity index (χ1n) is 8.28. The first-order chi connectivity index (χ1) is 13.0. The van der Waals surface area contributed by atoms with E-state index in [0.717, 1.165) is 10.0 Å². The zero-order valence-corrected chi connectivity index (χ0v) is 16.9. The van der Waals surface area contributed by atoms with Crippen LogP contribution in [0.15, 0.2) is 46.8 Å². The van der Waals surface area contributed by atoms with Crippen molar-refractivity contribution >= 4 is 45.5 Å². The van der Waals surface area contributed by atoms with Crippen molar-refractivity contribution in [3.63, 3.8) is 0 Å². The Morgan fingerprint density at radius 1 is 1.19 bits per heavy atom. The number of carbonyl (C=O) groups excluding carboxylic acids is 1. The van der Waals surface area contributed by atoms with Crippen molar-refractivity contribution in [2.75, 3.05) is 23.5 Å². The van der Waals surface area contributed by atoms with Crippen molar-refractivity contribution in [1.82, 2.24) is 10.2 Å². The average Bonchev–Trinajstić information content (AvgIpc) is 3.11. The summed E-state index contributed by atoms with van der Waals surface area (Å²) in [6.45, 7) is 4.14. The number of methoxy groups -OCH3 is 1. The first kappa shape index (κ1) is 19.2. The molecule has 1 amide bonds. The van der Waals surface area contributed by atoms with Gasteiger partial charge in [-0.05, 0) is 43.2 Å². The average molecular weight is 401 g/mol. The molecule has 140 valence electrons. The second-order valence-corrected chi connectivity index (χ2v) is 8.01. The fraction of sp³-hybridized carbons (Fsp3) is 0.211. The van der Waals surface area contributed by atoms with Crippen molar-refractivity contribution in [2.24, 2.45) is 0 Å². The maximum absolute atomic E-state index is 12.1. The number of ether oxygens (including phenoxy) is 1. The number of amides is 1. The van der Waals surface area contributed by atoms with Crippen LogP contribution in [0, 0.1) is 13.8 Å². The maximum atomic E-state index is 12.1. The van der Waals surface area contributed by atoms with E-state index in [2.05, 4.69) is 40.7 Å². The standard InChI is InChI=1S/C19H20N4O2S2/c1-12-6-4-9-16(13(12)2)21-18-22-23-19(27-18)26-11-17(24)20-14-7-5-8-15(10-14)25-3/h4-10H,11H2,1-3H3,(H,20,24)(H,21,22). The molecule has 0 saturated heterocycles. The van der Waals surface area contributed by atoms with Crippen LogP contribution in [0.3, 0.4) is 0 Å². The molecule has 0 aliphatic heterocycles. The number of carbonyl (C=O) groups is 1. The monoisotopic (exact) mass is 400 g/mol. The summed E-state index contributed by atoms with van der Waals surface area (Å²) in [6.07, 6.45) is 0. The van der Waals surface area contributed by atoms with Gasteiger partial charge >= 0.3 is 0 Å². The van der Waals surface area contributed by atoms with E-state index in [0.29, 0.717) is 16.6 Å². The molecule has 0 spiro atoms. The fourth-order valence-corrected chi connectivity index (χ4v) is 3.91. The molecule has 0 atom stereocenters. The second-order valence-electron chi connectivity index (χ2n) is 5.81. The SMILES string of the molecule is COc1cccc(NC(=O)CSc2nnc(Nc3cccc(C)c3C)s2)c1. The van der Waals surface area contributed by atoms with Gasteiger partial charge < -0.3 is 15.4 Å². The Labute approximate surface area is 166 Å². The number of anilines is 3. The van der Waals surface area contributed by atoms with E-state index in [9.17, 15) is 4.79 Å². The van der Waals surface area contributed by atoms with Crippen molar-refractivity contribution in [2.45, 2.75) is 18.2 Å². The third-order valence-corrected chi connectivity index (χ3v) is 5.90. The van der Waals surface area contributed by atoms with Gasteiger partial charge in [0.15, 0.2) is 4.34 Å². The van der Waals surface area contributed by atoms with E-state index in [1.54, 1.807) is 13.2 Å². The molecule has 8 heteroatoms. The van der Waals surface area contributed by atoms with E-state index < -0.39 is 0 Å². The number of hydrogen-bond donors (Lipinski definition) is 2. The number of aryl methyl sites for hydroxylation is 1. The highest BCUT2D eigenvalue weighted by molar-refractivity contribution is 8.01. The lowest BCUT2D eigenvalue weighted by atomic mass is 10.1. The van der Waals surface area contributed by atoms with Gasteiger partial charge in [0.2, 0.25) is 11.0 Å². The third-order valence-electron chi connectivity index (χ3n) is 3.93. The van der Waals surface area contributed by atoms with Crippen LogP contribution >= 0.6 is 23.1 Å². The van der Waals surface area contributed by atoms with Crippen molar-refractivity contribution < 1.29 is 9.53 Å². The number of aromatic nitrogens is 2. The van der Waals surface area contributed by atoms with Gasteiger partial charge in [0, 0.05) is 17.4 Å². The molecule has 3 rings (SSSR count). The maximum Gasteiger partial charge on any atom is 0.234 e. The predicted octanol–water partition coefficient (Wildman–Crippen LogP) is 4.64. The first-order valence-corrected chi connectivity index (χ1v) is 10.1. The molecule has 0 aliphatic carbocycles. The van der Waals surface area contributed by atoms with Gasteiger partial charge in [-0.3, -0.25) is 4.79 Å². The Bertz CT molecular complexity index is 943. The van der Waals surface area contributed by atoms with Crippen molar-refractivity contribution in [3.05, 3.63) is 53.6 Å². The highest BCUT2D eigenvalue weighted by Gasteiger charge is 2.10. The minimum Gasteiger partial charge on any atom is -0.497 e. The Morgan fingerprint density at radius 3 is 2.81 bits per heavy atom. The summed E-state index contributed by atoms with van der Waals surface area (Å²) in [4.78, 5) is 12.1. The van der Waals surface area contributed by atoms with E-state index in [1.165, 1.54) is 34.2 Å². The lowest BCUT2D eigenvalue weighted by Crippen LogP contribution is -2.13. The Morgan fingerprint density at radius 2 is 2.00 bits per heavy atom. The minimum absolute atomic E-state index is 0.104. The fourth-order valence-electron chi connectivity index (χ4n) is 2.35. The molecule has 27 heavy (non-hydrogen) atoms. The lowest BCUT2D eigenvalue weighted by Gasteiger charge is -2.08. The summed E-state index contributed by atoms with van der Waals surface area (Å²) in [5.41, 5.74) is 4.11. The number of hydrogen-bond acceptors (Lipinski definition) is 7. The summed E-state index contributed by atoms with van der Waals surface area (Å²) < 4.78 is 5.89. The number of rotatable bonds is 7. The molecule has 0 radical (unpaired) electrons. The second kappa shape index (κ2) is 8.88. The molecular formula is C19H20N4O2S2. The van der Waals surface area contributed by atoms with Crippen LogP contribution in [0.1, 0.15) is 11.1 Å². The summed E-state index contributed by atoms with van der Waals surface area (Å²) >= 11 is 2.78. The molecule has 0 fully saturated rings. The third kappa shape index (κ3) is 5.21. The minimum atomic E-state index is -0.104. The molecule has 0 unspecified atom stereocenters. The van der Waals surface area contributed by atoms with Crippen LogP contribution in [0.25, 0.3) is 0 Å². The van der Waals surface area contributed by atoms with Crippen molar-refractivity contribution in [1.29, 1.82) is 0 Å². The highest BCUT2D eigenvalue weighted by atomic mass is 32.2. The number of thioether (sulfide) groups is 1. The van der Waals surface area contributed by atoms with Crippen LogP contribution in [0.4, 0.5) is 16.5 Å². The Hall–Kier alpha value is -2.58.